The Morgan fingerprint density at radius 3 is 2.34 bits per heavy atom. The number of carboxylic acid groups (broad SMARTS) is 1. The maximum Gasteiger partial charge on any atom is 0.337 e. The Morgan fingerprint density at radius 2 is 1.72 bits per heavy atom. The normalized spacial score (nSPS) is 11.1. The van der Waals surface area contributed by atoms with Crippen LogP contribution in [0.25, 0.3) is 6.08 Å². The van der Waals surface area contributed by atoms with Gasteiger partial charge in [-0.3, -0.25) is 19.7 Å². The van der Waals surface area contributed by atoms with Gasteiger partial charge in [-0.25, -0.2) is 10.2 Å². The van der Waals surface area contributed by atoms with Crippen molar-refractivity contribution in [2.75, 3.05) is 5.32 Å². The van der Waals surface area contributed by atoms with Crippen molar-refractivity contribution in [3.05, 3.63) is 74.8 Å². The van der Waals surface area contributed by atoms with Crippen LogP contribution in [-0.2, 0) is 9.59 Å². The number of carbonyl (C=O) groups excluding carboxylic acids is 2. The Kier molecular flexibility index (Phi) is 7.15. The summed E-state index contributed by atoms with van der Waals surface area (Å²) < 4.78 is 0. The molecule has 0 heterocycles. The number of halogens is 1. The van der Waals surface area contributed by atoms with Gasteiger partial charge in [0.25, 0.3) is 5.69 Å². The summed E-state index contributed by atoms with van der Waals surface area (Å²) in [4.78, 5) is 44.8. The van der Waals surface area contributed by atoms with Crippen molar-refractivity contribution in [2.24, 2.45) is 5.10 Å². The lowest BCUT2D eigenvalue weighted by atomic mass is 10.2. The van der Waals surface area contributed by atoms with E-state index in [4.69, 9.17) is 16.7 Å². The van der Waals surface area contributed by atoms with Crippen molar-refractivity contribution in [1.82, 2.24) is 5.43 Å². The second-order valence-corrected chi connectivity index (χ2v) is 5.82. The minimum atomic E-state index is -1.26. The molecule has 0 fully saturated rings. The number of allylic oxidation sites excluding steroid dienone is 1. The molecule has 0 aliphatic carbocycles. The van der Waals surface area contributed by atoms with Gasteiger partial charge >= 0.3 is 17.8 Å². The highest BCUT2D eigenvalue weighted by Gasteiger charge is 2.16. The van der Waals surface area contributed by atoms with Gasteiger partial charge in [0.2, 0.25) is 0 Å². The second kappa shape index (κ2) is 9.76. The van der Waals surface area contributed by atoms with Gasteiger partial charge in [0, 0.05) is 12.1 Å². The molecule has 29 heavy (non-hydrogen) atoms. The van der Waals surface area contributed by atoms with E-state index >= 15 is 0 Å². The number of benzene rings is 2. The predicted molar refractivity (Wildman–Crippen MR) is 106 cm³/mol. The second-order valence-electron chi connectivity index (χ2n) is 5.38. The Balaban J connectivity index is 1.95. The van der Waals surface area contributed by atoms with E-state index in [0.29, 0.717) is 5.56 Å². The molecule has 148 valence electrons. The van der Waals surface area contributed by atoms with Crippen LogP contribution in [0.2, 0.25) is 0 Å². The minimum Gasteiger partial charge on any atom is -0.478 e. The molecule has 0 radical (unpaired) electrons. The number of nitrogens with zero attached hydrogens (tertiary/aromatic N) is 2. The molecule has 2 amide bonds. The molecule has 0 bridgehead atoms. The van der Waals surface area contributed by atoms with Crippen LogP contribution >= 0.6 is 11.6 Å². The number of carboxylic acids is 1. The van der Waals surface area contributed by atoms with Crippen LogP contribution in [0.4, 0.5) is 11.4 Å². The molecule has 0 unspecified atom stereocenters. The van der Waals surface area contributed by atoms with Crippen LogP contribution in [0.15, 0.2) is 58.7 Å². The number of anilines is 1. The van der Waals surface area contributed by atoms with Crippen LogP contribution < -0.4 is 10.7 Å². The average molecular weight is 417 g/mol. The standard InChI is InChI=1S/C18H13ClN4O6/c19-12(9-11-5-7-13(8-6-11)23(28)29)10-20-22-17(25)16(24)21-15-4-2-1-3-14(15)18(26)27/h1-10H,(H,21,24)(H,22,25)(H,26,27)/b12-9-,20-10+. The summed E-state index contributed by atoms with van der Waals surface area (Å²) >= 11 is 5.93. The maximum atomic E-state index is 11.8. The molecule has 0 aliphatic rings. The number of hydrogen-bond donors (Lipinski definition) is 3. The van der Waals surface area contributed by atoms with Gasteiger partial charge in [0.05, 0.1) is 27.4 Å². The van der Waals surface area contributed by atoms with E-state index < -0.39 is 22.7 Å². The fourth-order valence-corrected chi connectivity index (χ4v) is 2.22. The van der Waals surface area contributed by atoms with Gasteiger partial charge in [-0.1, -0.05) is 23.7 Å². The van der Waals surface area contributed by atoms with Gasteiger partial charge in [-0.15, -0.1) is 0 Å². The molecule has 3 N–H and O–H groups in total. The molecule has 0 aromatic heterocycles. The summed E-state index contributed by atoms with van der Waals surface area (Å²) in [7, 11) is 0. The zero-order valence-corrected chi connectivity index (χ0v) is 15.3. The average Bonchev–Trinajstić information content (AvgIpc) is 2.68. The van der Waals surface area contributed by atoms with E-state index in [1.165, 1.54) is 54.6 Å². The van der Waals surface area contributed by atoms with Crippen LogP contribution in [0.5, 0.6) is 0 Å². The Morgan fingerprint density at radius 1 is 1.07 bits per heavy atom. The zero-order valence-electron chi connectivity index (χ0n) is 14.5. The quantitative estimate of drug-likeness (QED) is 0.285. The third-order valence-corrected chi connectivity index (χ3v) is 3.58. The molecule has 11 heteroatoms. The van der Waals surface area contributed by atoms with Crippen LogP contribution in [0.1, 0.15) is 15.9 Å². The number of hydrogen-bond acceptors (Lipinski definition) is 6. The largest absolute Gasteiger partial charge is 0.478 e. The molecular formula is C18H13ClN4O6. The first-order chi connectivity index (χ1) is 13.8. The van der Waals surface area contributed by atoms with Crippen molar-refractivity contribution >= 4 is 53.0 Å². The van der Waals surface area contributed by atoms with Crippen molar-refractivity contribution in [1.29, 1.82) is 0 Å². The van der Waals surface area contributed by atoms with E-state index in [1.54, 1.807) is 0 Å². The molecule has 0 aliphatic heterocycles. The highest BCUT2D eigenvalue weighted by atomic mass is 35.5. The molecule has 0 saturated heterocycles. The van der Waals surface area contributed by atoms with Crippen LogP contribution in [-0.4, -0.2) is 34.0 Å². The number of hydrazone groups is 1. The first kappa shape index (κ1) is 21.3. The summed E-state index contributed by atoms with van der Waals surface area (Å²) in [6, 6.07) is 11.1. The Hall–Kier alpha value is -4.05. The number of non-ortho nitro benzene ring substituents is 1. The molecule has 0 saturated carbocycles. The maximum absolute atomic E-state index is 11.8. The monoisotopic (exact) mass is 416 g/mol. The fourth-order valence-electron chi connectivity index (χ4n) is 2.05. The molecule has 2 aromatic rings. The van der Waals surface area contributed by atoms with Crippen molar-refractivity contribution in [3.63, 3.8) is 0 Å². The van der Waals surface area contributed by atoms with Gasteiger partial charge in [-0.2, -0.15) is 5.10 Å². The summed E-state index contributed by atoms with van der Waals surface area (Å²) in [5.41, 5.74) is 2.21. The van der Waals surface area contributed by atoms with Crippen LogP contribution in [0, 0.1) is 10.1 Å². The third-order valence-electron chi connectivity index (χ3n) is 3.37. The molecular weight excluding hydrogens is 404 g/mol. The van der Waals surface area contributed by atoms with E-state index in [-0.39, 0.29) is 22.0 Å². The lowest BCUT2D eigenvalue weighted by Gasteiger charge is -2.06. The zero-order chi connectivity index (χ0) is 21.4. The van der Waals surface area contributed by atoms with E-state index in [9.17, 15) is 24.5 Å². The minimum absolute atomic E-state index is 0.0415. The van der Waals surface area contributed by atoms with Crippen molar-refractivity contribution in [2.45, 2.75) is 0 Å². The molecule has 0 atom stereocenters. The van der Waals surface area contributed by atoms with E-state index in [2.05, 4.69) is 10.4 Å². The van der Waals surface area contributed by atoms with Crippen molar-refractivity contribution in [3.8, 4) is 0 Å². The number of amides is 2. The first-order valence-corrected chi connectivity index (χ1v) is 8.24. The SMILES string of the molecule is O=C(N/N=C/C(Cl)=C/c1ccc([N+](=O)[O-])cc1)C(=O)Nc1ccccc1C(=O)O. The lowest BCUT2D eigenvalue weighted by molar-refractivity contribution is -0.384. The van der Waals surface area contributed by atoms with Gasteiger partial charge < -0.3 is 10.4 Å². The summed E-state index contributed by atoms with van der Waals surface area (Å²) in [6.07, 6.45) is 2.49. The number of nitrogens with one attached hydrogen (secondary N) is 2. The summed E-state index contributed by atoms with van der Waals surface area (Å²) in [6.45, 7) is 0. The third kappa shape index (κ3) is 6.26. The number of para-hydroxylation sites is 1. The van der Waals surface area contributed by atoms with E-state index in [1.807, 2.05) is 5.43 Å². The number of carbonyl (C=O) groups is 3. The number of rotatable bonds is 6. The molecule has 2 rings (SSSR count). The van der Waals surface area contributed by atoms with Crippen LogP contribution in [0.3, 0.4) is 0 Å². The fraction of sp³-hybridized carbons (Fsp3) is 0. The first-order valence-electron chi connectivity index (χ1n) is 7.86. The molecule has 0 spiro atoms. The topological polar surface area (TPSA) is 151 Å². The van der Waals surface area contributed by atoms with Crippen molar-refractivity contribution < 1.29 is 24.4 Å². The number of nitro benzene ring substituents is 1. The summed E-state index contributed by atoms with van der Waals surface area (Å²) in [5, 5.41) is 25.4. The Bertz CT molecular complexity index is 1020. The highest BCUT2D eigenvalue weighted by molar-refractivity contribution is 6.42. The number of aromatic carboxylic acids is 1. The summed E-state index contributed by atoms with van der Waals surface area (Å²) in [5.74, 6) is -3.52. The highest BCUT2D eigenvalue weighted by Crippen LogP contribution is 2.15. The Labute approximate surface area is 168 Å². The van der Waals surface area contributed by atoms with Gasteiger partial charge in [0.15, 0.2) is 0 Å². The molecule has 10 nitrogen and oxygen atoms in total. The smallest absolute Gasteiger partial charge is 0.337 e. The van der Waals surface area contributed by atoms with Gasteiger partial charge in [-0.05, 0) is 35.9 Å². The van der Waals surface area contributed by atoms with Gasteiger partial charge in [0.1, 0.15) is 0 Å². The molecule has 2 aromatic carbocycles. The predicted octanol–water partition coefficient (Wildman–Crippen LogP) is 2.61. The lowest BCUT2D eigenvalue weighted by Crippen LogP contribution is -2.32. The number of nitro groups is 1. The van der Waals surface area contributed by atoms with E-state index in [0.717, 1.165) is 6.21 Å².